The van der Waals surface area contributed by atoms with Crippen LogP contribution in [-0.4, -0.2) is 51.9 Å². The van der Waals surface area contributed by atoms with Gasteiger partial charge in [0.25, 0.3) is 5.91 Å². The molecular formula is C15H20N2O3. The Morgan fingerprint density at radius 3 is 2.70 bits per heavy atom. The minimum atomic E-state index is -0.107. The summed E-state index contributed by atoms with van der Waals surface area (Å²) in [6, 6.07) is 7.55. The van der Waals surface area contributed by atoms with Crippen LogP contribution < -0.4 is 0 Å². The molecule has 0 spiro atoms. The van der Waals surface area contributed by atoms with Crippen molar-refractivity contribution in [1.82, 2.24) is 9.47 Å². The van der Waals surface area contributed by atoms with E-state index in [0.717, 1.165) is 10.9 Å². The van der Waals surface area contributed by atoms with Gasteiger partial charge in [-0.3, -0.25) is 4.79 Å². The standard InChI is InChI=1S/C15H20N2O3/c1-16-8-6-12-13(4-2-5-14(12)16)15(20)17(9-11-19)7-3-10-18/h2,4-6,8,18-19H,3,7,9-11H2,1H3. The largest absolute Gasteiger partial charge is 0.396 e. The predicted molar refractivity (Wildman–Crippen MR) is 77.6 cm³/mol. The molecule has 1 amide bonds. The number of aliphatic hydroxyl groups is 2. The number of hydrogen-bond acceptors (Lipinski definition) is 3. The molecule has 2 N–H and O–H groups in total. The lowest BCUT2D eigenvalue weighted by Crippen LogP contribution is -2.34. The lowest BCUT2D eigenvalue weighted by Gasteiger charge is -2.21. The van der Waals surface area contributed by atoms with Crippen molar-refractivity contribution >= 4 is 16.8 Å². The molecule has 2 rings (SSSR count). The molecule has 0 aliphatic carbocycles. The van der Waals surface area contributed by atoms with E-state index in [4.69, 9.17) is 10.2 Å². The van der Waals surface area contributed by atoms with Crippen LogP contribution in [0, 0.1) is 0 Å². The summed E-state index contributed by atoms with van der Waals surface area (Å²) in [7, 11) is 1.94. The molecule has 1 aromatic heterocycles. The molecule has 0 aliphatic heterocycles. The van der Waals surface area contributed by atoms with Gasteiger partial charge in [-0.1, -0.05) is 6.07 Å². The number of aryl methyl sites for hydroxylation is 1. The van der Waals surface area contributed by atoms with E-state index < -0.39 is 0 Å². The first-order chi connectivity index (χ1) is 9.69. The maximum Gasteiger partial charge on any atom is 0.254 e. The fourth-order valence-corrected chi connectivity index (χ4v) is 2.36. The van der Waals surface area contributed by atoms with Crippen LogP contribution in [0.3, 0.4) is 0 Å². The fraction of sp³-hybridized carbons (Fsp3) is 0.400. The number of aliphatic hydroxyl groups excluding tert-OH is 2. The molecule has 0 saturated heterocycles. The van der Waals surface area contributed by atoms with E-state index in [2.05, 4.69) is 0 Å². The van der Waals surface area contributed by atoms with Gasteiger partial charge >= 0.3 is 0 Å². The highest BCUT2D eigenvalue weighted by molar-refractivity contribution is 6.06. The highest BCUT2D eigenvalue weighted by Gasteiger charge is 2.17. The van der Waals surface area contributed by atoms with E-state index in [0.29, 0.717) is 18.5 Å². The van der Waals surface area contributed by atoms with E-state index in [-0.39, 0.29) is 25.7 Å². The van der Waals surface area contributed by atoms with Crippen molar-refractivity contribution in [1.29, 1.82) is 0 Å². The molecule has 0 saturated carbocycles. The van der Waals surface area contributed by atoms with Crippen LogP contribution in [0.5, 0.6) is 0 Å². The highest BCUT2D eigenvalue weighted by Crippen LogP contribution is 2.21. The van der Waals surface area contributed by atoms with Crippen molar-refractivity contribution in [3.05, 3.63) is 36.0 Å². The highest BCUT2D eigenvalue weighted by atomic mass is 16.3. The monoisotopic (exact) mass is 276 g/mol. The second-order valence-electron chi connectivity index (χ2n) is 4.76. The Kier molecular flexibility index (Phi) is 4.76. The molecule has 1 aromatic carbocycles. The molecule has 5 nitrogen and oxygen atoms in total. The third kappa shape index (κ3) is 2.84. The average molecular weight is 276 g/mol. The van der Waals surface area contributed by atoms with Gasteiger partial charge in [0.1, 0.15) is 0 Å². The minimum absolute atomic E-state index is 0.0325. The van der Waals surface area contributed by atoms with Crippen LogP contribution in [0.4, 0.5) is 0 Å². The van der Waals surface area contributed by atoms with Crippen LogP contribution in [0.25, 0.3) is 10.9 Å². The second-order valence-corrected chi connectivity index (χ2v) is 4.76. The summed E-state index contributed by atoms with van der Waals surface area (Å²) in [5.74, 6) is -0.107. The number of carbonyl (C=O) groups excluding carboxylic acids is 1. The zero-order chi connectivity index (χ0) is 14.5. The van der Waals surface area contributed by atoms with E-state index in [9.17, 15) is 4.79 Å². The summed E-state index contributed by atoms with van der Waals surface area (Å²) in [4.78, 5) is 14.2. The molecule has 5 heteroatoms. The number of benzene rings is 1. The van der Waals surface area contributed by atoms with E-state index in [1.165, 1.54) is 0 Å². The second kappa shape index (κ2) is 6.54. The number of amides is 1. The van der Waals surface area contributed by atoms with Gasteiger partial charge in [-0.25, -0.2) is 0 Å². The smallest absolute Gasteiger partial charge is 0.254 e. The van der Waals surface area contributed by atoms with Gasteiger partial charge in [-0.2, -0.15) is 0 Å². The van der Waals surface area contributed by atoms with Crippen LogP contribution in [0.15, 0.2) is 30.5 Å². The summed E-state index contributed by atoms with van der Waals surface area (Å²) in [6.07, 6.45) is 2.43. The van der Waals surface area contributed by atoms with Gasteiger partial charge in [-0.05, 0) is 24.6 Å². The molecule has 20 heavy (non-hydrogen) atoms. The van der Waals surface area contributed by atoms with Gasteiger partial charge in [0.05, 0.1) is 6.61 Å². The van der Waals surface area contributed by atoms with E-state index in [1.54, 1.807) is 11.0 Å². The molecule has 0 atom stereocenters. The number of aromatic nitrogens is 1. The zero-order valence-corrected chi connectivity index (χ0v) is 11.6. The molecule has 1 heterocycles. The Morgan fingerprint density at radius 2 is 2.00 bits per heavy atom. The lowest BCUT2D eigenvalue weighted by molar-refractivity contribution is 0.0712. The molecule has 0 aliphatic rings. The van der Waals surface area contributed by atoms with Crippen molar-refractivity contribution in [3.8, 4) is 0 Å². The Balaban J connectivity index is 2.33. The molecule has 0 unspecified atom stereocenters. The van der Waals surface area contributed by atoms with Crippen molar-refractivity contribution in [3.63, 3.8) is 0 Å². The minimum Gasteiger partial charge on any atom is -0.396 e. The van der Waals surface area contributed by atoms with Gasteiger partial charge < -0.3 is 19.7 Å². The first kappa shape index (κ1) is 14.6. The topological polar surface area (TPSA) is 65.7 Å². The van der Waals surface area contributed by atoms with Crippen molar-refractivity contribution < 1.29 is 15.0 Å². The van der Waals surface area contributed by atoms with E-state index in [1.807, 2.05) is 36.0 Å². The summed E-state index contributed by atoms with van der Waals surface area (Å²) in [6.45, 7) is 0.674. The van der Waals surface area contributed by atoms with Crippen LogP contribution in [0.1, 0.15) is 16.8 Å². The van der Waals surface area contributed by atoms with Gasteiger partial charge in [-0.15, -0.1) is 0 Å². The Bertz CT molecular complexity index is 592. The Labute approximate surface area is 118 Å². The maximum atomic E-state index is 12.6. The van der Waals surface area contributed by atoms with Gasteiger partial charge in [0.2, 0.25) is 0 Å². The molecule has 0 radical (unpaired) electrons. The predicted octanol–water partition coefficient (Wildman–Crippen LogP) is 0.995. The Morgan fingerprint density at radius 1 is 1.20 bits per heavy atom. The van der Waals surface area contributed by atoms with E-state index >= 15 is 0 Å². The number of fused-ring (bicyclic) bond motifs is 1. The average Bonchev–Trinajstić information content (AvgIpc) is 2.84. The van der Waals surface area contributed by atoms with Crippen molar-refractivity contribution in [2.45, 2.75) is 6.42 Å². The molecule has 108 valence electrons. The first-order valence-electron chi connectivity index (χ1n) is 6.74. The van der Waals surface area contributed by atoms with Crippen LogP contribution in [-0.2, 0) is 7.05 Å². The third-order valence-corrected chi connectivity index (χ3v) is 3.40. The van der Waals surface area contributed by atoms with Crippen molar-refractivity contribution in [2.75, 3.05) is 26.3 Å². The number of rotatable bonds is 6. The molecule has 0 bridgehead atoms. The van der Waals surface area contributed by atoms with Crippen LogP contribution in [0.2, 0.25) is 0 Å². The third-order valence-electron chi connectivity index (χ3n) is 3.40. The summed E-state index contributed by atoms with van der Waals surface area (Å²) >= 11 is 0. The Hall–Kier alpha value is -1.85. The molecular weight excluding hydrogens is 256 g/mol. The zero-order valence-electron chi connectivity index (χ0n) is 11.6. The summed E-state index contributed by atoms with van der Waals surface area (Å²) < 4.78 is 1.97. The lowest BCUT2D eigenvalue weighted by atomic mass is 10.1. The van der Waals surface area contributed by atoms with Crippen LogP contribution >= 0.6 is 0 Å². The molecule has 0 fully saturated rings. The molecule has 2 aromatic rings. The maximum absolute atomic E-state index is 12.6. The summed E-state index contributed by atoms with van der Waals surface area (Å²) in [5.41, 5.74) is 1.64. The fourth-order valence-electron chi connectivity index (χ4n) is 2.36. The number of hydrogen-bond donors (Lipinski definition) is 2. The number of nitrogens with zero attached hydrogens (tertiary/aromatic N) is 2. The number of carbonyl (C=O) groups is 1. The van der Waals surface area contributed by atoms with Crippen molar-refractivity contribution in [2.24, 2.45) is 7.05 Å². The van der Waals surface area contributed by atoms with Gasteiger partial charge in [0, 0.05) is 49.4 Å². The summed E-state index contributed by atoms with van der Waals surface area (Å²) in [5, 5.41) is 18.9. The quantitative estimate of drug-likeness (QED) is 0.827. The van der Waals surface area contributed by atoms with Gasteiger partial charge in [0.15, 0.2) is 0 Å². The SMILES string of the molecule is Cn1ccc2c(C(=O)N(CCO)CCCO)cccc21. The normalized spacial score (nSPS) is 10.9. The first-order valence-corrected chi connectivity index (χ1v) is 6.74.